The van der Waals surface area contributed by atoms with Gasteiger partial charge in [0.1, 0.15) is 0 Å². The van der Waals surface area contributed by atoms with Gasteiger partial charge in [-0.25, -0.2) is 0 Å². The SMILES string of the molecule is Cc1cccc(C(=O)CSc2cccc(Br)c2)c1. The van der Waals surface area contributed by atoms with Crippen molar-refractivity contribution in [2.24, 2.45) is 0 Å². The molecule has 0 heterocycles. The maximum atomic E-state index is 12.0. The highest BCUT2D eigenvalue weighted by atomic mass is 79.9. The Labute approximate surface area is 120 Å². The molecule has 2 aromatic rings. The second-order valence-corrected chi connectivity index (χ2v) is 6.00. The van der Waals surface area contributed by atoms with Crippen LogP contribution < -0.4 is 0 Å². The van der Waals surface area contributed by atoms with E-state index in [1.54, 1.807) is 11.8 Å². The van der Waals surface area contributed by atoms with E-state index in [4.69, 9.17) is 0 Å². The molecule has 0 aliphatic rings. The van der Waals surface area contributed by atoms with Crippen LogP contribution in [0.4, 0.5) is 0 Å². The molecule has 1 nitrogen and oxygen atoms in total. The molecule has 3 heteroatoms. The van der Waals surface area contributed by atoms with Crippen LogP contribution in [0.1, 0.15) is 15.9 Å². The molecule has 2 rings (SSSR count). The average Bonchev–Trinajstić information content (AvgIpc) is 2.36. The highest BCUT2D eigenvalue weighted by Crippen LogP contribution is 2.22. The summed E-state index contributed by atoms with van der Waals surface area (Å²) in [5.41, 5.74) is 1.91. The fourth-order valence-electron chi connectivity index (χ4n) is 1.61. The fourth-order valence-corrected chi connectivity index (χ4v) is 3.01. The van der Waals surface area contributed by atoms with Crippen molar-refractivity contribution in [3.05, 3.63) is 64.1 Å². The summed E-state index contributed by atoms with van der Waals surface area (Å²) < 4.78 is 1.04. The molecule has 0 saturated carbocycles. The van der Waals surface area contributed by atoms with E-state index in [2.05, 4.69) is 15.9 Å². The summed E-state index contributed by atoms with van der Waals surface area (Å²) in [5, 5.41) is 0. The van der Waals surface area contributed by atoms with Gasteiger partial charge in [0.05, 0.1) is 5.75 Å². The molecule has 0 N–H and O–H groups in total. The van der Waals surface area contributed by atoms with Crippen LogP contribution >= 0.6 is 27.7 Å². The Balaban J connectivity index is 2.00. The van der Waals surface area contributed by atoms with Crippen molar-refractivity contribution < 1.29 is 4.79 Å². The first kappa shape index (κ1) is 13.4. The van der Waals surface area contributed by atoms with Gasteiger partial charge in [0, 0.05) is 14.9 Å². The van der Waals surface area contributed by atoms with Gasteiger partial charge in [-0.1, -0.05) is 45.8 Å². The van der Waals surface area contributed by atoms with E-state index < -0.39 is 0 Å². The van der Waals surface area contributed by atoms with Crippen molar-refractivity contribution in [2.75, 3.05) is 5.75 Å². The van der Waals surface area contributed by atoms with Gasteiger partial charge >= 0.3 is 0 Å². The summed E-state index contributed by atoms with van der Waals surface area (Å²) in [4.78, 5) is 13.1. The van der Waals surface area contributed by atoms with Gasteiger partial charge in [0.25, 0.3) is 0 Å². The topological polar surface area (TPSA) is 17.1 Å². The molecule has 2 aromatic carbocycles. The van der Waals surface area contributed by atoms with Gasteiger partial charge in [-0.05, 0) is 31.2 Å². The van der Waals surface area contributed by atoms with E-state index in [-0.39, 0.29) is 5.78 Å². The van der Waals surface area contributed by atoms with E-state index in [1.165, 1.54) is 0 Å². The van der Waals surface area contributed by atoms with E-state index in [9.17, 15) is 4.79 Å². The molecule has 92 valence electrons. The number of carbonyl (C=O) groups excluding carboxylic acids is 1. The largest absolute Gasteiger partial charge is 0.293 e. The van der Waals surface area contributed by atoms with E-state index in [0.29, 0.717) is 5.75 Å². The number of halogens is 1. The van der Waals surface area contributed by atoms with Crippen molar-refractivity contribution in [1.82, 2.24) is 0 Å². The van der Waals surface area contributed by atoms with Gasteiger partial charge in [-0.3, -0.25) is 4.79 Å². The molecule has 0 aromatic heterocycles. The maximum Gasteiger partial charge on any atom is 0.173 e. The number of hydrogen-bond acceptors (Lipinski definition) is 2. The quantitative estimate of drug-likeness (QED) is 0.598. The number of benzene rings is 2. The lowest BCUT2D eigenvalue weighted by atomic mass is 10.1. The van der Waals surface area contributed by atoms with Gasteiger partial charge in [0.2, 0.25) is 0 Å². The first-order valence-corrected chi connectivity index (χ1v) is 7.41. The molecule has 0 atom stereocenters. The fraction of sp³-hybridized carbons (Fsp3) is 0.133. The number of Topliss-reactive ketones (excluding diaryl/α,β-unsaturated/α-hetero) is 1. The Bertz CT molecular complexity index is 566. The molecule has 0 saturated heterocycles. The Morgan fingerprint density at radius 3 is 2.67 bits per heavy atom. The smallest absolute Gasteiger partial charge is 0.173 e. The first-order chi connectivity index (χ1) is 8.65. The third-order valence-electron chi connectivity index (χ3n) is 2.51. The molecule has 0 spiro atoms. The molecule has 0 radical (unpaired) electrons. The highest BCUT2D eigenvalue weighted by Gasteiger charge is 2.06. The number of thioether (sulfide) groups is 1. The molecule has 0 fully saturated rings. The zero-order valence-corrected chi connectivity index (χ0v) is 12.4. The summed E-state index contributed by atoms with van der Waals surface area (Å²) in [6, 6.07) is 15.7. The summed E-state index contributed by atoms with van der Waals surface area (Å²) in [6.07, 6.45) is 0. The summed E-state index contributed by atoms with van der Waals surface area (Å²) in [5.74, 6) is 0.642. The molecular formula is C15H13BrOS. The van der Waals surface area contributed by atoms with Crippen LogP contribution in [0.5, 0.6) is 0 Å². The van der Waals surface area contributed by atoms with Crippen molar-refractivity contribution in [1.29, 1.82) is 0 Å². The lowest BCUT2D eigenvalue weighted by Gasteiger charge is -2.03. The summed E-state index contributed by atoms with van der Waals surface area (Å²) in [7, 11) is 0. The molecular weight excluding hydrogens is 308 g/mol. The minimum atomic E-state index is 0.170. The number of aryl methyl sites for hydroxylation is 1. The zero-order chi connectivity index (χ0) is 13.0. The van der Waals surface area contributed by atoms with Crippen LogP contribution in [-0.4, -0.2) is 11.5 Å². The zero-order valence-electron chi connectivity index (χ0n) is 10.0. The van der Waals surface area contributed by atoms with Gasteiger partial charge < -0.3 is 0 Å². The van der Waals surface area contributed by atoms with Crippen molar-refractivity contribution in [2.45, 2.75) is 11.8 Å². The lowest BCUT2D eigenvalue weighted by molar-refractivity contribution is 0.102. The number of carbonyl (C=O) groups is 1. The van der Waals surface area contributed by atoms with Crippen molar-refractivity contribution in [3.8, 4) is 0 Å². The molecule has 0 amide bonds. The lowest BCUT2D eigenvalue weighted by Crippen LogP contribution is -2.02. The summed E-state index contributed by atoms with van der Waals surface area (Å²) >= 11 is 4.99. The van der Waals surface area contributed by atoms with E-state index in [0.717, 1.165) is 20.5 Å². The van der Waals surface area contributed by atoms with Crippen LogP contribution in [-0.2, 0) is 0 Å². The molecule has 18 heavy (non-hydrogen) atoms. The average molecular weight is 321 g/mol. The number of hydrogen-bond donors (Lipinski definition) is 0. The first-order valence-electron chi connectivity index (χ1n) is 5.63. The summed E-state index contributed by atoms with van der Waals surface area (Å²) in [6.45, 7) is 2.00. The predicted octanol–water partition coefficient (Wildman–Crippen LogP) is 4.73. The van der Waals surface area contributed by atoms with Crippen molar-refractivity contribution in [3.63, 3.8) is 0 Å². The third-order valence-corrected chi connectivity index (χ3v) is 3.99. The minimum absolute atomic E-state index is 0.170. The van der Waals surface area contributed by atoms with Gasteiger partial charge in [-0.2, -0.15) is 0 Å². The van der Waals surface area contributed by atoms with E-state index >= 15 is 0 Å². The van der Waals surface area contributed by atoms with Crippen LogP contribution in [0, 0.1) is 6.92 Å². The normalized spacial score (nSPS) is 10.3. The Kier molecular flexibility index (Phi) is 4.61. The van der Waals surface area contributed by atoms with Crippen molar-refractivity contribution >= 4 is 33.5 Å². The Hall–Kier alpha value is -1.06. The second-order valence-electron chi connectivity index (χ2n) is 4.04. The predicted molar refractivity (Wildman–Crippen MR) is 80.4 cm³/mol. The molecule has 0 aliphatic heterocycles. The molecule has 0 unspecified atom stereocenters. The standard InChI is InChI=1S/C15H13BrOS/c1-11-4-2-5-12(8-11)15(17)10-18-14-7-3-6-13(16)9-14/h2-9H,10H2,1H3. The van der Waals surface area contributed by atoms with E-state index in [1.807, 2.05) is 55.5 Å². The Morgan fingerprint density at radius 1 is 1.17 bits per heavy atom. The van der Waals surface area contributed by atoms with Crippen LogP contribution in [0.15, 0.2) is 57.9 Å². The molecule has 0 bridgehead atoms. The molecule has 0 aliphatic carbocycles. The number of rotatable bonds is 4. The third kappa shape index (κ3) is 3.72. The Morgan fingerprint density at radius 2 is 1.94 bits per heavy atom. The maximum absolute atomic E-state index is 12.0. The number of ketones is 1. The monoisotopic (exact) mass is 320 g/mol. The second kappa shape index (κ2) is 6.21. The van der Waals surface area contributed by atoms with Crippen LogP contribution in [0.3, 0.4) is 0 Å². The van der Waals surface area contributed by atoms with Gasteiger partial charge in [0.15, 0.2) is 5.78 Å². The van der Waals surface area contributed by atoms with Crippen LogP contribution in [0.2, 0.25) is 0 Å². The minimum Gasteiger partial charge on any atom is -0.293 e. The highest BCUT2D eigenvalue weighted by molar-refractivity contribution is 9.10. The van der Waals surface area contributed by atoms with Crippen LogP contribution in [0.25, 0.3) is 0 Å². The van der Waals surface area contributed by atoms with Gasteiger partial charge in [-0.15, -0.1) is 11.8 Å².